The number of halogens is 2. The monoisotopic (exact) mass is 367 g/mol. The van der Waals surface area contributed by atoms with Crippen molar-refractivity contribution < 1.29 is 4.79 Å². The first-order valence-corrected chi connectivity index (χ1v) is 8.19. The van der Waals surface area contributed by atoms with Crippen LogP contribution in [0.25, 0.3) is 0 Å². The Bertz CT molecular complexity index is 652. The van der Waals surface area contributed by atoms with Gasteiger partial charge in [-0.15, -0.1) is 11.8 Å². The number of carbonyl (C=O) groups excluding carboxylic acids is 1. The van der Waals surface area contributed by atoms with Crippen molar-refractivity contribution in [2.45, 2.75) is 16.6 Å². The van der Waals surface area contributed by atoms with Crippen LogP contribution in [-0.2, 0) is 11.2 Å². The third kappa shape index (κ3) is 2.87. The Hall–Kier alpha value is -0.970. The van der Waals surface area contributed by atoms with E-state index in [0.717, 1.165) is 10.9 Å². The van der Waals surface area contributed by atoms with Crippen LogP contribution in [0.15, 0.2) is 51.8 Å². The minimum Gasteiger partial charge on any atom is -0.324 e. The number of fused-ring (bicyclic) bond motifs is 1. The van der Waals surface area contributed by atoms with E-state index in [1.54, 1.807) is 17.8 Å². The maximum atomic E-state index is 12.3. The third-order valence-electron chi connectivity index (χ3n) is 3.13. The molecule has 0 aliphatic carbocycles. The molecule has 0 bridgehead atoms. The smallest absolute Gasteiger partial charge is 0.238 e. The number of anilines is 1. The molecule has 0 saturated heterocycles. The Morgan fingerprint density at radius 2 is 2.10 bits per heavy atom. The Morgan fingerprint density at radius 3 is 2.90 bits per heavy atom. The molecule has 102 valence electrons. The molecule has 1 aliphatic rings. The number of hydrogen-bond donors (Lipinski definition) is 1. The molecule has 1 N–H and O–H groups in total. The van der Waals surface area contributed by atoms with Crippen LogP contribution in [-0.4, -0.2) is 11.2 Å². The van der Waals surface area contributed by atoms with Gasteiger partial charge in [0.2, 0.25) is 5.91 Å². The van der Waals surface area contributed by atoms with E-state index in [2.05, 4.69) is 33.4 Å². The van der Waals surface area contributed by atoms with Gasteiger partial charge in [-0.2, -0.15) is 0 Å². The highest BCUT2D eigenvalue weighted by molar-refractivity contribution is 9.10. The van der Waals surface area contributed by atoms with Crippen molar-refractivity contribution in [2.75, 3.05) is 5.32 Å². The number of hydrogen-bond acceptors (Lipinski definition) is 2. The lowest BCUT2D eigenvalue weighted by molar-refractivity contribution is -0.115. The molecule has 1 unspecified atom stereocenters. The topological polar surface area (TPSA) is 29.1 Å². The molecule has 2 aromatic rings. The lowest BCUT2D eigenvalue weighted by atomic mass is 10.1. The summed E-state index contributed by atoms with van der Waals surface area (Å²) in [5.74, 6) is -0.00815. The molecule has 2 nitrogen and oxygen atoms in total. The summed E-state index contributed by atoms with van der Waals surface area (Å²) < 4.78 is 0.888. The molecule has 0 saturated carbocycles. The molecular weight excluding hydrogens is 358 g/mol. The van der Waals surface area contributed by atoms with E-state index in [-0.39, 0.29) is 11.2 Å². The molecule has 0 radical (unpaired) electrons. The van der Waals surface area contributed by atoms with Gasteiger partial charge in [0.25, 0.3) is 0 Å². The summed E-state index contributed by atoms with van der Waals surface area (Å²) in [5, 5.41) is 3.35. The van der Waals surface area contributed by atoms with Crippen molar-refractivity contribution in [3.05, 3.63) is 57.5 Å². The summed E-state index contributed by atoms with van der Waals surface area (Å²) in [6, 6.07) is 13.5. The largest absolute Gasteiger partial charge is 0.324 e. The number of rotatable bonds is 2. The maximum Gasteiger partial charge on any atom is 0.238 e. The SMILES string of the molecule is O=C(Nc1cc(Br)ccc1Cl)C1Cc2ccccc2S1. The third-order valence-corrected chi connectivity index (χ3v) is 5.27. The van der Waals surface area contributed by atoms with Crippen molar-refractivity contribution in [3.8, 4) is 0 Å². The predicted octanol–water partition coefficient (Wildman–Crippen LogP) is 4.76. The summed E-state index contributed by atoms with van der Waals surface area (Å²) in [4.78, 5) is 13.5. The fraction of sp³-hybridized carbons (Fsp3) is 0.133. The average molecular weight is 369 g/mol. The predicted molar refractivity (Wildman–Crippen MR) is 87.6 cm³/mol. The maximum absolute atomic E-state index is 12.3. The van der Waals surface area contributed by atoms with Gasteiger partial charge in [-0.3, -0.25) is 4.79 Å². The minimum absolute atomic E-state index is 0.00815. The van der Waals surface area contributed by atoms with Crippen molar-refractivity contribution in [2.24, 2.45) is 0 Å². The van der Waals surface area contributed by atoms with Crippen LogP contribution in [0.2, 0.25) is 5.02 Å². The lowest BCUT2D eigenvalue weighted by Gasteiger charge is -2.11. The molecule has 20 heavy (non-hydrogen) atoms. The lowest BCUT2D eigenvalue weighted by Crippen LogP contribution is -2.24. The van der Waals surface area contributed by atoms with E-state index < -0.39 is 0 Å². The molecule has 1 aliphatic heterocycles. The first kappa shape index (κ1) is 14.0. The van der Waals surface area contributed by atoms with Gasteiger partial charge in [0.15, 0.2) is 0 Å². The highest BCUT2D eigenvalue weighted by atomic mass is 79.9. The molecule has 1 amide bonds. The zero-order valence-corrected chi connectivity index (χ0v) is 13.6. The fourth-order valence-corrected chi connectivity index (χ4v) is 3.86. The quantitative estimate of drug-likeness (QED) is 0.828. The van der Waals surface area contributed by atoms with Gasteiger partial charge in [-0.1, -0.05) is 45.7 Å². The molecule has 0 aromatic heterocycles. The van der Waals surface area contributed by atoms with E-state index >= 15 is 0 Å². The molecule has 0 fully saturated rings. The molecule has 1 heterocycles. The van der Waals surface area contributed by atoms with E-state index in [0.29, 0.717) is 10.7 Å². The summed E-state index contributed by atoms with van der Waals surface area (Å²) >= 11 is 11.1. The van der Waals surface area contributed by atoms with Crippen LogP contribution in [0.4, 0.5) is 5.69 Å². The Kier molecular flexibility index (Phi) is 4.06. The van der Waals surface area contributed by atoms with Gasteiger partial charge in [0.05, 0.1) is 16.0 Å². The normalized spacial score (nSPS) is 16.8. The molecule has 3 rings (SSSR count). The highest BCUT2D eigenvalue weighted by Gasteiger charge is 2.28. The summed E-state index contributed by atoms with van der Waals surface area (Å²) in [6.45, 7) is 0. The van der Waals surface area contributed by atoms with Crippen molar-refractivity contribution in [1.29, 1.82) is 0 Å². The van der Waals surface area contributed by atoms with Crippen molar-refractivity contribution >= 4 is 50.9 Å². The van der Waals surface area contributed by atoms with Gasteiger partial charge >= 0.3 is 0 Å². The highest BCUT2D eigenvalue weighted by Crippen LogP contribution is 2.37. The first-order valence-electron chi connectivity index (χ1n) is 6.14. The second kappa shape index (κ2) is 5.80. The van der Waals surface area contributed by atoms with Crippen LogP contribution in [0.5, 0.6) is 0 Å². The summed E-state index contributed by atoms with van der Waals surface area (Å²) in [7, 11) is 0. The van der Waals surface area contributed by atoms with Crippen molar-refractivity contribution in [1.82, 2.24) is 0 Å². The Labute approximate surface area is 135 Å². The fourth-order valence-electron chi connectivity index (χ4n) is 2.13. The van der Waals surface area contributed by atoms with Crippen LogP contribution in [0, 0.1) is 0 Å². The zero-order chi connectivity index (χ0) is 14.1. The second-order valence-corrected chi connectivity index (χ2v) is 7.10. The standard InChI is InChI=1S/C15H11BrClNOS/c16-10-5-6-11(17)12(8-10)18-15(19)14-7-9-3-1-2-4-13(9)20-14/h1-6,8,14H,7H2,(H,18,19). The van der Waals surface area contributed by atoms with Crippen LogP contribution in [0.3, 0.4) is 0 Å². The number of nitrogens with one attached hydrogen (secondary N) is 1. The zero-order valence-electron chi connectivity index (χ0n) is 10.4. The first-order chi connectivity index (χ1) is 9.63. The van der Waals surface area contributed by atoms with E-state index in [1.165, 1.54) is 10.5 Å². The van der Waals surface area contributed by atoms with E-state index in [1.807, 2.05) is 24.3 Å². The van der Waals surface area contributed by atoms with Crippen molar-refractivity contribution in [3.63, 3.8) is 0 Å². The number of thioether (sulfide) groups is 1. The molecular formula is C15H11BrClNOS. The Balaban J connectivity index is 1.74. The Morgan fingerprint density at radius 1 is 1.30 bits per heavy atom. The van der Waals surface area contributed by atoms with E-state index in [4.69, 9.17) is 11.6 Å². The number of carbonyl (C=O) groups is 1. The van der Waals surface area contributed by atoms with Gasteiger partial charge in [-0.25, -0.2) is 0 Å². The van der Waals surface area contributed by atoms with Gasteiger partial charge < -0.3 is 5.32 Å². The number of amides is 1. The molecule has 2 aromatic carbocycles. The molecule has 0 spiro atoms. The number of benzene rings is 2. The second-order valence-electron chi connectivity index (χ2n) is 4.53. The summed E-state index contributed by atoms with van der Waals surface area (Å²) in [5.41, 5.74) is 1.88. The van der Waals surface area contributed by atoms with Crippen LogP contribution < -0.4 is 5.32 Å². The van der Waals surface area contributed by atoms with Crippen LogP contribution >= 0.6 is 39.3 Å². The minimum atomic E-state index is -0.0950. The van der Waals surface area contributed by atoms with E-state index in [9.17, 15) is 4.79 Å². The molecule has 5 heteroatoms. The summed E-state index contributed by atoms with van der Waals surface area (Å²) in [6.07, 6.45) is 0.762. The van der Waals surface area contributed by atoms with Gasteiger partial charge in [-0.05, 0) is 36.2 Å². The van der Waals surface area contributed by atoms with Crippen LogP contribution in [0.1, 0.15) is 5.56 Å². The molecule has 1 atom stereocenters. The average Bonchev–Trinajstić information content (AvgIpc) is 2.87. The van der Waals surface area contributed by atoms with Gasteiger partial charge in [0.1, 0.15) is 0 Å². The van der Waals surface area contributed by atoms with Gasteiger partial charge in [0, 0.05) is 9.37 Å².